The van der Waals surface area contributed by atoms with Crippen molar-refractivity contribution in [3.05, 3.63) is 17.5 Å². The maximum Gasteiger partial charge on any atom is 0.0596 e. The third-order valence-electron chi connectivity index (χ3n) is 2.08. The van der Waals surface area contributed by atoms with Crippen LogP contribution in [0.15, 0.2) is 6.07 Å². The van der Waals surface area contributed by atoms with E-state index in [0.29, 0.717) is 4.83 Å². The average molecular weight is 245 g/mol. The maximum absolute atomic E-state index is 4.41. The molecule has 0 amide bonds. The Morgan fingerprint density at radius 1 is 1.62 bits per heavy atom. The number of rotatable bonds is 4. The summed E-state index contributed by atoms with van der Waals surface area (Å²) < 4.78 is 2.09. The van der Waals surface area contributed by atoms with E-state index in [9.17, 15) is 0 Å². The Hall–Kier alpha value is -0.310. The summed E-state index contributed by atoms with van der Waals surface area (Å²) in [6.07, 6.45) is 2.28. The lowest BCUT2D eigenvalue weighted by Crippen LogP contribution is -2.04. The Balaban J connectivity index is 2.64. The molecular weight excluding hydrogens is 228 g/mol. The fourth-order valence-electron chi connectivity index (χ4n) is 1.42. The van der Waals surface area contributed by atoms with Gasteiger partial charge >= 0.3 is 0 Å². The second-order valence-corrected chi connectivity index (χ2v) is 4.98. The van der Waals surface area contributed by atoms with Crippen LogP contribution < -0.4 is 0 Å². The molecule has 1 atom stereocenters. The van der Waals surface area contributed by atoms with Crippen molar-refractivity contribution < 1.29 is 0 Å². The number of halogens is 1. The minimum absolute atomic E-state index is 0.591. The average Bonchev–Trinajstić information content (AvgIpc) is 2.42. The molecule has 1 unspecified atom stereocenters. The summed E-state index contributed by atoms with van der Waals surface area (Å²) in [4.78, 5) is 0.591. The molecule has 1 heterocycles. The van der Waals surface area contributed by atoms with Crippen molar-refractivity contribution in [1.82, 2.24) is 9.78 Å². The molecule has 0 aromatic carbocycles. The van der Waals surface area contributed by atoms with Crippen LogP contribution in [0.5, 0.6) is 0 Å². The first kappa shape index (κ1) is 10.8. The summed E-state index contributed by atoms with van der Waals surface area (Å²) in [5.74, 6) is 0. The second-order valence-electron chi connectivity index (χ2n) is 3.41. The quantitative estimate of drug-likeness (QED) is 0.746. The van der Waals surface area contributed by atoms with E-state index in [-0.39, 0.29) is 0 Å². The van der Waals surface area contributed by atoms with Gasteiger partial charge in [0.15, 0.2) is 0 Å². The normalized spacial score (nSPS) is 13.2. The highest BCUT2D eigenvalue weighted by molar-refractivity contribution is 9.09. The predicted molar refractivity (Wildman–Crippen MR) is 59.3 cm³/mol. The van der Waals surface area contributed by atoms with Crippen molar-refractivity contribution in [1.29, 1.82) is 0 Å². The highest BCUT2D eigenvalue weighted by Gasteiger charge is 2.04. The minimum atomic E-state index is 0.591. The molecular formula is C10H17BrN2. The monoisotopic (exact) mass is 244 g/mol. The van der Waals surface area contributed by atoms with E-state index in [1.165, 1.54) is 12.1 Å². The van der Waals surface area contributed by atoms with E-state index < -0.39 is 0 Å². The third-order valence-corrected chi connectivity index (χ3v) is 2.54. The first-order valence-electron chi connectivity index (χ1n) is 4.81. The molecule has 1 rings (SSSR count). The van der Waals surface area contributed by atoms with Gasteiger partial charge in [-0.25, -0.2) is 0 Å². The SMILES string of the molecule is CCn1nc(C)cc1CCC(C)Br. The molecule has 0 aliphatic carbocycles. The van der Waals surface area contributed by atoms with Gasteiger partial charge in [0.05, 0.1) is 5.69 Å². The molecule has 0 radical (unpaired) electrons. The number of alkyl halides is 1. The van der Waals surface area contributed by atoms with Gasteiger partial charge in [0.1, 0.15) is 0 Å². The molecule has 0 aliphatic rings. The van der Waals surface area contributed by atoms with Gasteiger partial charge < -0.3 is 0 Å². The summed E-state index contributed by atoms with van der Waals surface area (Å²) >= 11 is 3.56. The molecule has 2 nitrogen and oxygen atoms in total. The van der Waals surface area contributed by atoms with Crippen LogP contribution in [0, 0.1) is 6.92 Å². The van der Waals surface area contributed by atoms with E-state index in [2.05, 4.69) is 45.6 Å². The molecule has 0 aliphatic heterocycles. The van der Waals surface area contributed by atoms with Gasteiger partial charge in [-0.05, 0) is 32.8 Å². The molecule has 13 heavy (non-hydrogen) atoms. The number of hydrogen-bond donors (Lipinski definition) is 0. The molecule has 0 saturated carbocycles. The van der Waals surface area contributed by atoms with Crippen molar-refractivity contribution in [3.63, 3.8) is 0 Å². The lowest BCUT2D eigenvalue weighted by atomic mass is 10.2. The molecule has 0 saturated heterocycles. The second kappa shape index (κ2) is 4.80. The summed E-state index contributed by atoms with van der Waals surface area (Å²) in [5, 5.41) is 4.41. The van der Waals surface area contributed by atoms with Crippen molar-refractivity contribution in [2.75, 3.05) is 0 Å². The highest BCUT2D eigenvalue weighted by Crippen LogP contribution is 2.11. The van der Waals surface area contributed by atoms with E-state index >= 15 is 0 Å². The lowest BCUT2D eigenvalue weighted by Gasteiger charge is -2.05. The van der Waals surface area contributed by atoms with Crippen LogP contribution in [-0.2, 0) is 13.0 Å². The summed E-state index contributed by atoms with van der Waals surface area (Å²) in [6.45, 7) is 7.33. The fraction of sp³-hybridized carbons (Fsp3) is 0.700. The summed E-state index contributed by atoms with van der Waals surface area (Å²) in [7, 11) is 0. The van der Waals surface area contributed by atoms with Crippen LogP contribution >= 0.6 is 15.9 Å². The number of hydrogen-bond acceptors (Lipinski definition) is 1. The van der Waals surface area contributed by atoms with Crippen molar-refractivity contribution in [2.24, 2.45) is 0 Å². The smallest absolute Gasteiger partial charge is 0.0596 e. The van der Waals surface area contributed by atoms with Crippen LogP contribution in [0.4, 0.5) is 0 Å². The Labute approximate surface area is 88.5 Å². The fourth-order valence-corrected chi connectivity index (χ4v) is 1.65. The largest absolute Gasteiger partial charge is 0.270 e. The highest BCUT2D eigenvalue weighted by atomic mass is 79.9. The first-order valence-corrected chi connectivity index (χ1v) is 5.72. The Morgan fingerprint density at radius 2 is 2.31 bits per heavy atom. The zero-order valence-corrected chi connectivity index (χ0v) is 10.1. The van der Waals surface area contributed by atoms with Crippen LogP contribution in [0.25, 0.3) is 0 Å². The van der Waals surface area contributed by atoms with Crippen molar-refractivity contribution >= 4 is 15.9 Å². The number of aryl methyl sites for hydroxylation is 3. The zero-order valence-electron chi connectivity index (χ0n) is 8.55. The number of nitrogens with zero attached hydrogens (tertiary/aromatic N) is 2. The van der Waals surface area contributed by atoms with Gasteiger partial charge in [0.2, 0.25) is 0 Å². The molecule has 0 bridgehead atoms. The van der Waals surface area contributed by atoms with Gasteiger partial charge in [0.25, 0.3) is 0 Å². The van der Waals surface area contributed by atoms with Crippen LogP contribution in [-0.4, -0.2) is 14.6 Å². The summed E-state index contributed by atoms with van der Waals surface area (Å²) in [6, 6.07) is 2.18. The van der Waals surface area contributed by atoms with Crippen LogP contribution in [0.1, 0.15) is 31.7 Å². The Kier molecular flexibility index (Phi) is 3.97. The molecule has 3 heteroatoms. The van der Waals surface area contributed by atoms with Crippen LogP contribution in [0.3, 0.4) is 0 Å². The topological polar surface area (TPSA) is 17.8 Å². The van der Waals surface area contributed by atoms with E-state index in [1.54, 1.807) is 0 Å². The maximum atomic E-state index is 4.41. The lowest BCUT2D eigenvalue weighted by molar-refractivity contribution is 0.606. The zero-order chi connectivity index (χ0) is 9.84. The van der Waals surface area contributed by atoms with Crippen molar-refractivity contribution in [3.8, 4) is 0 Å². The van der Waals surface area contributed by atoms with E-state index in [0.717, 1.165) is 18.7 Å². The standard InChI is InChI=1S/C10H17BrN2/c1-4-13-10(6-5-8(2)11)7-9(3)12-13/h7-8H,4-6H2,1-3H3. The minimum Gasteiger partial charge on any atom is -0.270 e. The van der Waals surface area contributed by atoms with Gasteiger partial charge in [0, 0.05) is 17.1 Å². The Morgan fingerprint density at radius 3 is 2.85 bits per heavy atom. The van der Waals surface area contributed by atoms with Gasteiger partial charge in [-0.3, -0.25) is 4.68 Å². The predicted octanol–water partition coefficient (Wildman–Crippen LogP) is 2.93. The molecule has 74 valence electrons. The molecule has 1 aromatic heterocycles. The van der Waals surface area contributed by atoms with Crippen molar-refractivity contribution in [2.45, 2.75) is 45.0 Å². The van der Waals surface area contributed by atoms with Gasteiger partial charge in [-0.2, -0.15) is 5.10 Å². The van der Waals surface area contributed by atoms with E-state index in [1.807, 2.05) is 6.92 Å². The van der Waals surface area contributed by atoms with Crippen LogP contribution in [0.2, 0.25) is 0 Å². The molecule has 0 N–H and O–H groups in total. The third kappa shape index (κ3) is 3.14. The van der Waals surface area contributed by atoms with Gasteiger partial charge in [-0.1, -0.05) is 22.9 Å². The molecule has 1 aromatic rings. The first-order chi connectivity index (χ1) is 6.13. The van der Waals surface area contributed by atoms with Gasteiger partial charge in [-0.15, -0.1) is 0 Å². The summed E-state index contributed by atoms with van der Waals surface area (Å²) in [5.41, 5.74) is 2.48. The Bertz CT molecular complexity index is 266. The molecule has 0 fully saturated rings. The number of aromatic nitrogens is 2. The van der Waals surface area contributed by atoms with E-state index in [4.69, 9.17) is 0 Å². The molecule has 0 spiro atoms.